The quantitative estimate of drug-likeness (QED) is 0.591. The van der Waals surface area contributed by atoms with Crippen molar-refractivity contribution in [2.75, 3.05) is 6.61 Å². The molecule has 132 valence electrons. The van der Waals surface area contributed by atoms with E-state index in [4.69, 9.17) is 27.9 Å². The third kappa shape index (κ3) is 2.96. The monoisotopic (exact) mass is 381 g/mol. The standard InChI is InChI=1S/C18H17Cl2NO4/c1-2-25-17(24)18-9-16(23)21(14(18)4-3-5-15(18)22)10-11-6-7-12(19)8-13(11)20/h4,6-8H,2-3,5,9-10H2,1H3. The molecule has 7 heteroatoms. The van der Waals surface area contributed by atoms with Crippen molar-refractivity contribution >= 4 is 40.9 Å². The number of carbonyl (C=O) groups is 3. The van der Waals surface area contributed by atoms with E-state index in [2.05, 4.69) is 0 Å². The van der Waals surface area contributed by atoms with Gasteiger partial charge < -0.3 is 9.64 Å². The zero-order valence-electron chi connectivity index (χ0n) is 13.7. The molecule has 1 unspecified atom stereocenters. The highest BCUT2D eigenvalue weighted by molar-refractivity contribution is 6.35. The van der Waals surface area contributed by atoms with Crippen molar-refractivity contribution in [3.63, 3.8) is 0 Å². The number of hydrogen-bond donors (Lipinski definition) is 0. The number of Topliss-reactive ketones (excluding diaryl/α,β-unsaturated/α-hetero) is 1. The van der Waals surface area contributed by atoms with Crippen LogP contribution in [0.25, 0.3) is 0 Å². The van der Waals surface area contributed by atoms with E-state index in [0.29, 0.717) is 27.7 Å². The van der Waals surface area contributed by atoms with Crippen LogP contribution in [0.5, 0.6) is 0 Å². The number of hydrogen-bond acceptors (Lipinski definition) is 4. The normalized spacial score (nSPS) is 22.7. The maximum absolute atomic E-state index is 12.6. The number of ether oxygens (including phenoxy) is 1. The van der Waals surface area contributed by atoms with Gasteiger partial charge in [0.25, 0.3) is 0 Å². The van der Waals surface area contributed by atoms with Crippen molar-refractivity contribution < 1.29 is 19.1 Å². The summed E-state index contributed by atoms with van der Waals surface area (Å²) in [6.45, 7) is 2.00. The van der Waals surface area contributed by atoms with Crippen LogP contribution in [0.3, 0.4) is 0 Å². The van der Waals surface area contributed by atoms with E-state index in [1.54, 1.807) is 31.2 Å². The Morgan fingerprint density at radius 3 is 2.76 bits per heavy atom. The van der Waals surface area contributed by atoms with E-state index in [0.717, 1.165) is 0 Å². The second-order valence-electron chi connectivity index (χ2n) is 6.07. The van der Waals surface area contributed by atoms with E-state index in [1.165, 1.54) is 4.90 Å². The van der Waals surface area contributed by atoms with Crippen molar-refractivity contribution in [3.8, 4) is 0 Å². The summed E-state index contributed by atoms with van der Waals surface area (Å²) in [5.41, 5.74) is -0.402. The fraction of sp³-hybridized carbons (Fsp3) is 0.389. The zero-order valence-corrected chi connectivity index (χ0v) is 15.2. The third-order valence-corrected chi connectivity index (χ3v) is 5.19. The van der Waals surface area contributed by atoms with Crippen molar-refractivity contribution in [1.29, 1.82) is 0 Å². The highest BCUT2D eigenvalue weighted by Gasteiger charge is 2.59. The van der Waals surface area contributed by atoms with Crippen LogP contribution in [0, 0.1) is 5.41 Å². The Hall–Kier alpha value is -1.85. The van der Waals surface area contributed by atoms with Gasteiger partial charge in [-0.05, 0) is 31.0 Å². The second-order valence-corrected chi connectivity index (χ2v) is 6.91. The molecule has 5 nitrogen and oxygen atoms in total. The second kappa shape index (κ2) is 6.81. The van der Waals surface area contributed by atoms with Gasteiger partial charge in [-0.25, -0.2) is 0 Å². The minimum absolute atomic E-state index is 0.151. The molecule has 0 radical (unpaired) electrons. The van der Waals surface area contributed by atoms with Crippen LogP contribution in [-0.4, -0.2) is 29.2 Å². The van der Waals surface area contributed by atoms with Crippen LogP contribution in [0.15, 0.2) is 30.0 Å². The first-order valence-electron chi connectivity index (χ1n) is 8.05. The molecule has 1 aliphatic heterocycles. The topological polar surface area (TPSA) is 63.7 Å². The summed E-state index contributed by atoms with van der Waals surface area (Å²) in [4.78, 5) is 39.3. The third-order valence-electron chi connectivity index (χ3n) is 4.60. The van der Waals surface area contributed by atoms with Gasteiger partial charge in [0.15, 0.2) is 11.2 Å². The molecular weight excluding hydrogens is 365 g/mol. The number of esters is 1. The Bertz CT molecular complexity index is 789. The largest absolute Gasteiger partial charge is 0.465 e. The van der Waals surface area contributed by atoms with Crippen molar-refractivity contribution in [1.82, 2.24) is 4.90 Å². The SMILES string of the molecule is CCOC(=O)C12CC(=O)N(Cc3ccc(Cl)cc3Cl)C1=CCCC2=O. The first-order chi connectivity index (χ1) is 11.9. The lowest BCUT2D eigenvalue weighted by atomic mass is 9.74. The van der Waals surface area contributed by atoms with E-state index >= 15 is 0 Å². The highest BCUT2D eigenvalue weighted by atomic mass is 35.5. The molecule has 0 spiro atoms. The number of rotatable bonds is 4. The van der Waals surface area contributed by atoms with Crippen LogP contribution >= 0.6 is 23.2 Å². The molecule has 0 saturated carbocycles. The average molecular weight is 382 g/mol. The Balaban J connectivity index is 1.99. The van der Waals surface area contributed by atoms with Gasteiger partial charge in [0.2, 0.25) is 5.91 Å². The van der Waals surface area contributed by atoms with E-state index < -0.39 is 11.4 Å². The summed E-state index contributed by atoms with van der Waals surface area (Å²) in [6.07, 6.45) is 2.31. The highest BCUT2D eigenvalue weighted by Crippen LogP contribution is 2.47. The van der Waals surface area contributed by atoms with E-state index in [-0.39, 0.29) is 37.7 Å². The van der Waals surface area contributed by atoms with Crippen LogP contribution in [0.2, 0.25) is 10.0 Å². The summed E-state index contributed by atoms with van der Waals surface area (Å²) < 4.78 is 5.12. The van der Waals surface area contributed by atoms with Crippen LogP contribution in [-0.2, 0) is 25.7 Å². The van der Waals surface area contributed by atoms with Gasteiger partial charge in [-0.1, -0.05) is 35.3 Å². The number of benzene rings is 1. The van der Waals surface area contributed by atoms with E-state index in [1.807, 2.05) is 0 Å². The fourth-order valence-corrected chi connectivity index (χ4v) is 3.86. The molecule has 0 aromatic heterocycles. The molecule has 1 heterocycles. The molecule has 1 aromatic carbocycles. The maximum Gasteiger partial charge on any atom is 0.326 e. The number of halogens is 2. The summed E-state index contributed by atoms with van der Waals surface area (Å²) in [7, 11) is 0. The molecule has 1 fully saturated rings. The average Bonchev–Trinajstić information content (AvgIpc) is 2.85. The van der Waals surface area contributed by atoms with Gasteiger partial charge in [0.1, 0.15) is 0 Å². The van der Waals surface area contributed by atoms with Crippen LogP contribution in [0.1, 0.15) is 31.7 Å². The predicted octanol–water partition coefficient (Wildman–Crippen LogP) is 3.52. The van der Waals surface area contributed by atoms with Gasteiger partial charge in [-0.3, -0.25) is 14.4 Å². The summed E-state index contributed by atoms with van der Waals surface area (Å²) in [5.74, 6) is -1.20. The molecule has 1 amide bonds. The first-order valence-corrected chi connectivity index (χ1v) is 8.81. The van der Waals surface area contributed by atoms with Crippen molar-refractivity contribution in [3.05, 3.63) is 45.6 Å². The number of fused-ring (bicyclic) bond motifs is 1. The molecule has 1 saturated heterocycles. The van der Waals surface area contributed by atoms with Gasteiger partial charge in [-0.15, -0.1) is 0 Å². The zero-order chi connectivity index (χ0) is 18.2. The molecule has 0 N–H and O–H groups in total. The molecule has 0 bridgehead atoms. The lowest BCUT2D eigenvalue weighted by molar-refractivity contribution is -0.158. The van der Waals surface area contributed by atoms with Crippen LogP contribution < -0.4 is 0 Å². The molecule has 2 aliphatic rings. The van der Waals surface area contributed by atoms with Gasteiger partial charge >= 0.3 is 5.97 Å². The molecule has 1 atom stereocenters. The number of ketones is 1. The van der Waals surface area contributed by atoms with Crippen molar-refractivity contribution in [2.24, 2.45) is 5.41 Å². The van der Waals surface area contributed by atoms with Gasteiger partial charge in [-0.2, -0.15) is 0 Å². The Morgan fingerprint density at radius 2 is 2.08 bits per heavy atom. The minimum Gasteiger partial charge on any atom is -0.465 e. The molecule has 1 aromatic rings. The number of amides is 1. The fourth-order valence-electron chi connectivity index (χ4n) is 3.40. The molecule has 3 rings (SSSR count). The summed E-state index contributed by atoms with van der Waals surface area (Å²) in [6, 6.07) is 5.01. The Kier molecular flexibility index (Phi) is 4.89. The molecular formula is C18H17Cl2NO4. The number of nitrogens with zero attached hydrogens (tertiary/aromatic N) is 1. The summed E-state index contributed by atoms with van der Waals surface area (Å²) in [5, 5.41) is 0.922. The Labute approximate surface area is 155 Å². The van der Waals surface area contributed by atoms with Gasteiger partial charge in [0.05, 0.1) is 19.6 Å². The number of carbonyl (C=O) groups excluding carboxylic acids is 3. The predicted molar refractivity (Wildman–Crippen MR) is 93.0 cm³/mol. The van der Waals surface area contributed by atoms with Crippen molar-refractivity contribution in [2.45, 2.75) is 32.7 Å². The lowest BCUT2D eigenvalue weighted by Crippen LogP contribution is -2.43. The maximum atomic E-state index is 12.6. The lowest BCUT2D eigenvalue weighted by Gasteiger charge is -2.31. The number of likely N-dealkylation sites (tertiary alicyclic amines) is 1. The minimum atomic E-state index is -1.51. The van der Waals surface area contributed by atoms with E-state index in [9.17, 15) is 14.4 Å². The number of allylic oxidation sites excluding steroid dienone is 1. The smallest absolute Gasteiger partial charge is 0.326 e. The molecule has 1 aliphatic carbocycles. The summed E-state index contributed by atoms with van der Waals surface area (Å²) >= 11 is 12.1. The van der Waals surface area contributed by atoms with Crippen LogP contribution in [0.4, 0.5) is 0 Å². The molecule has 25 heavy (non-hydrogen) atoms. The Morgan fingerprint density at radius 1 is 1.32 bits per heavy atom. The first kappa shape index (κ1) is 18.0. The van der Waals surface area contributed by atoms with Gasteiger partial charge in [0, 0.05) is 22.2 Å².